The lowest BCUT2D eigenvalue weighted by atomic mass is 10.1. The first-order valence-electron chi connectivity index (χ1n) is 12.8. The van der Waals surface area contributed by atoms with Crippen LogP contribution in [0.5, 0.6) is 11.5 Å². The molecule has 0 spiro atoms. The van der Waals surface area contributed by atoms with Crippen LogP contribution in [0.2, 0.25) is 18.1 Å². The molecule has 0 amide bonds. The van der Waals surface area contributed by atoms with Crippen molar-refractivity contribution in [3.63, 3.8) is 0 Å². The normalized spacial score (nSPS) is 12.0. The molecule has 4 aromatic rings. The highest BCUT2D eigenvalue weighted by Crippen LogP contribution is 2.37. The summed E-state index contributed by atoms with van der Waals surface area (Å²) in [6, 6.07) is 21.1. The number of nitrogens with zero attached hydrogens (tertiary/aromatic N) is 3. The van der Waals surface area contributed by atoms with Crippen LogP contribution in [0.15, 0.2) is 77.9 Å². The van der Waals surface area contributed by atoms with Crippen LogP contribution in [0.3, 0.4) is 0 Å². The Morgan fingerprint density at radius 2 is 1.55 bits per heavy atom. The molecule has 0 aliphatic carbocycles. The van der Waals surface area contributed by atoms with Gasteiger partial charge < -0.3 is 18.8 Å². The minimum absolute atomic E-state index is 0.105. The molecule has 0 radical (unpaired) electrons. The van der Waals surface area contributed by atoms with Gasteiger partial charge in [-0.05, 0) is 48.5 Å². The Morgan fingerprint density at radius 3 is 2.16 bits per heavy atom. The zero-order chi connectivity index (χ0) is 27.5. The molecule has 0 saturated carbocycles. The van der Waals surface area contributed by atoms with E-state index >= 15 is 0 Å². The predicted molar refractivity (Wildman–Crippen MR) is 157 cm³/mol. The smallest absolute Gasteiger partial charge is 0.265 e. The van der Waals surface area contributed by atoms with Crippen molar-refractivity contribution >= 4 is 30.6 Å². The lowest BCUT2D eigenvalue weighted by molar-refractivity contribution is 0.297. The monoisotopic (exact) mass is 531 g/mol. The van der Waals surface area contributed by atoms with Gasteiger partial charge in [0.25, 0.3) is 5.56 Å². The molecule has 0 N–H and O–H groups in total. The topological polar surface area (TPSA) is 65.8 Å². The van der Waals surface area contributed by atoms with Crippen molar-refractivity contribution in [2.24, 2.45) is 0 Å². The Bertz CT molecular complexity index is 1440. The summed E-state index contributed by atoms with van der Waals surface area (Å²) in [5.41, 5.74) is 3.04. The van der Waals surface area contributed by atoms with Crippen molar-refractivity contribution in [3.8, 4) is 17.2 Å². The van der Waals surface area contributed by atoms with Crippen LogP contribution in [0, 0.1) is 0 Å². The summed E-state index contributed by atoms with van der Waals surface area (Å²) in [7, 11) is 1.33. The summed E-state index contributed by atoms with van der Waals surface area (Å²) in [4.78, 5) is 20.2. The number of anilines is 2. The third kappa shape index (κ3) is 5.76. The standard InChI is InChI=1S/C30H37N3O4Si/c1-30(2,3)38(6,7)37-16-15-32(24-17-25(35-4)20-26(18-24)36-5)23-13-14-28-27(19-23)29(34)33(21-31-28)22-11-9-8-10-12-22/h8-14,17-21H,15-16H2,1-7H3. The fourth-order valence-electron chi connectivity index (χ4n) is 4.01. The molecule has 8 heteroatoms. The van der Waals surface area contributed by atoms with E-state index in [0.29, 0.717) is 35.6 Å². The average molecular weight is 532 g/mol. The largest absolute Gasteiger partial charge is 0.497 e. The molecule has 0 aliphatic rings. The van der Waals surface area contributed by atoms with E-state index < -0.39 is 8.32 Å². The van der Waals surface area contributed by atoms with Crippen LogP contribution in [0.25, 0.3) is 16.6 Å². The van der Waals surface area contributed by atoms with Crippen molar-refractivity contribution < 1.29 is 13.9 Å². The maximum atomic E-state index is 13.5. The maximum absolute atomic E-state index is 13.5. The van der Waals surface area contributed by atoms with E-state index in [1.54, 1.807) is 25.1 Å². The second kappa shape index (κ2) is 11.0. The molecule has 0 fully saturated rings. The minimum atomic E-state index is -1.95. The van der Waals surface area contributed by atoms with Gasteiger partial charge in [0.1, 0.15) is 17.8 Å². The second-order valence-electron chi connectivity index (χ2n) is 10.8. The number of aromatic nitrogens is 2. The minimum Gasteiger partial charge on any atom is -0.497 e. The number of methoxy groups -OCH3 is 2. The SMILES string of the molecule is COc1cc(OC)cc(N(CCO[Si](C)(C)C(C)(C)C)c2ccc3ncn(-c4ccccc4)c(=O)c3c2)c1. The van der Waals surface area contributed by atoms with Gasteiger partial charge in [0, 0.05) is 36.1 Å². The fraction of sp³-hybridized carbons (Fsp3) is 0.333. The molecule has 0 aliphatic heterocycles. The predicted octanol–water partition coefficient (Wildman–Crippen LogP) is 6.56. The van der Waals surface area contributed by atoms with Gasteiger partial charge in [0.05, 0.1) is 37.4 Å². The van der Waals surface area contributed by atoms with Gasteiger partial charge in [-0.2, -0.15) is 0 Å². The maximum Gasteiger partial charge on any atom is 0.265 e. The van der Waals surface area contributed by atoms with Crippen molar-refractivity contribution in [3.05, 3.63) is 83.4 Å². The van der Waals surface area contributed by atoms with Gasteiger partial charge in [0.15, 0.2) is 8.32 Å². The zero-order valence-electron chi connectivity index (χ0n) is 23.3. The molecular weight excluding hydrogens is 494 g/mol. The Labute approximate surface area is 225 Å². The summed E-state index contributed by atoms with van der Waals surface area (Å²) < 4.78 is 19.2. The van der Waals surface area contributed by atoms with E-state index in [9.17, 15) is 4.79 Å². The van der Waals surface area contributed by atoms with E-state index in [1.807, 2.05) is 66.7 Å². The molecule has 7 nitrogen and oxygen atoms in total. The van der Waals surface area contributed by atoms with Crippen LogP contribution in [-0.4, -0.2) is 45.2 Å². The molecule has 1 aromatic heterocycles. The fourth-order valence-corrected chi connectivity index (χ4v) is 5.05. The molecule has 0 atom stereocenters. The second-order valence-corrected chi connectivity index (χ2v) is 15.6. The van der Waals surface area contributed by atoms with Gasteiger partial charge >= 0.3 is 0 Å². The lowest BCUT2D eigenvalue weighted by Gasteiger charge is -2.37. The molecule has 3 aromatic carbocycles. The molecular formula is C30H37N3O4Si. The number of rotatable bonds is 9. The molecule has 4 rings (SSSR count). The Balaban J connectivity index is 1.79. The summed E-state index contributed by atoms with van der Waals surface area (Å²) in [5.74, 6) is 1.37. The highest BCUT2D eigenvalue weighted by molar-refractivity contribution is 6.74. The Kier molecular flexibility index (Phi) is 7.94. The summed E-state index contributed by atoms with van der Waals surface area (Å²) in [6.45, 7) is 12.3. The summed E-state index contributed by atoms with van der Waals surface area (Å²) in [5, 5.41) is 0.646. The van der Waals surface area contributed by atoms with Crippen molar-refractivity contribution in [2.45, 2.75) is 38.9 Å². The summed E-state index contributed by atoms with van der Waals surface area (Å²) in [6.07, 6.45) is 1.58. The first kappa shape index (κ1) is 27.4. The van der Waals surface area contributed by atoms with Gasteiger partial charge in [-0.25, -0.2) is 4.98 Å². The van der Waals surface area contributed by atoms with Crippen LogP contribution in [0.1, 0.15) is 20.8 Å². The van der Waals surface area contributed by atoms with Crippen LogP contribution < -0.4 is 19.9 Å². The summed E-state index contributed by atoms with van der Waals surface area (Å²) >= 11 is 0. The van der Waals surface area contributed by atoms with Gasteiger partial charge in [-0.3, -0.25) is 9.36 Å². The number of benzene rings is 3. The third-order valence-electron chi connectivity index (χ3n) is 7.32. The van der Waals surface area contributed by atoms with E-state index in [-0.39, 0.29) is 10.6 Å². The first-order valence-corrected chi connectivity index (χ1v) is 15.7. The van der Waals surface area contributed by atoms with Crippen LogP contribution >= 0.6 is 0 Å². The third-order valence-corrected chi connectivity index (χ3v) is 11.9. The number of para-hydroxylation sites is 1. The molecule has 0 saturated heterocycles. The molecule has 0 bridgehead atoms. The van der Waals surface area contributed by atoms with Gasteiger partial charge in [-0.1, -0.05) is 39.0 Å². The van der Waals surface area contributed by atoms with Gasteiger partial charge in [-0.15, -0.1) is 0 Å². The lowest BCUT2D eigenvalue weighted by Crippen LogP contribution is -2.42. The zero-order valence-corrected chi connectivity index (χ0v) is 24.3. The van der Waals surface area contributed by atoms with E-state index in [1.165, 1.54) is 0 Å². The van der Waals surface area contributed by atoms with E-state index in [2.05, 4.69) is 43.7 Å². The van der Waals surface area contributed by atoms with Crippen molar-refractivity contribution in [1.82, 2.24) is 9.55 Å². The van der Waals surface area contributed by atoms with E-state index in [4.69, 9.17) is 13.9 Å². The van der Waals surface area contributed by atoms with Crippen LogP contribution in [0.4, 0.5) is 11.4 Å². The molecule has 38 heavy (non-hydrogen) atoms. The van der Waals surface area contributed by atoms with Gasteiger partial charge in [0.2, 0.25) is 0 Å². The Morgan fingerprint density at radius 1 is 0.895 bits per heavy atom. The molecule has 1 heterocycles. The highest BCUT2D eigenvalue weighted by atomic mass is 28.4. The number of hydrogen-bond acceptors (Lipinski definition) is 6. The average Bonchev–Trinajstić information content (AvgIpc) is 2.90. The number of hydrogen-bond donors (Lipinski definition) is 0. The van der Waals surface area contributed by atoms with E-state index in [0.717, 1.165) is 17.1 Å². The quantitative estimate of drug-likeness (QED) is 0.228. The van der Waals surface area contributed by atoms with Crippen LogP contribution in [-0.2, 0) is 4.43 Å². The number of fused-ring (bicyclic) bond motifs is 1. The molecule has 200 valence electrons. The highest BCUT2D eigenvalue weighted by Gasteiger charge is 2.37. The first-order chi connectivity index (χ1) is 18.0. The molecule has 0 unspecified atom stereocenters. The number of ether oxygens (including phenoxy) is 2. The Hall–Kier alpha value is -3.62. The van der Waals surface area contributed by atoms with Crippen molar-refractivity contribution in [2.75, 3.05) is 32.3 Å². The van der Waals surface area contributed by atoms with Crippen molar-refractivity contribution in [1.29, 1.82) is 0 Å².